The summed E-state index contributed by atoms with van der Waals surface area (Å²) < 4.78 is 8.19. The zero-order valence-corrected chi connectivity index (χ0v) is 21.1. The van der Waals surface area contributed by atoms with Crippen molar-refractivity contribution in [3.05, 3.63) is 113 Å². The van der Waals surface area contributed by atoms with E-state index >= 15 is 0 Å². The molecular weight excluding hydrogens is 511 g/mol. The third kappa shape index (κ3) is 5.15. The van der Waals surface area contributed by atoms with Crippen LogP contribution in [0.2, 0.25) is 10.3 Å². The fourth-order valence-corrected chi connectivity index (χ4v) is 4.60. The number of aliphatic hydroxyl groups excluding tert-OH is 1. The maximum atomic E-state index is 13.3. The van der Waals surface area contributed by atoms with E-state index in [1.807, 2.05) is 89.6 Å². The van der Waals surface area contributed by atoms with Crippen LogP contribution in [0, 0.1) is 0 Å². The highest BCUT2D eigenvalue weighted by Crippen LogP contribution is 2.31. The summed E-state index contributed by atoms with van der Waals surface area (Å²) >= 11 is 12.3. The van der Waals surface area contributed by atoms with Crippen molar-refractivity contribution in [2.45, 2.75) is 6.61 Å². The van der Waals surface area contributed by atoms with Gasteiger partial charge in [-0.25, -0.2) is 9.97 Å². The van der Waals surface area contributed by atoms with E-state index in [2.05, 4.69) is 9.97 Å². The highest BCUT2D eigenvalue weighted by molar-refractivity contribution is 6.39. The quantitative estimate of drug-likeness (QED) is 0.250. The Kier molecular flexibility index (Phi) is 7.37. The number of carbonyl (C=O) groups excluding carboxylic acids is 1. The molecule has 2 heterocycles. The van der Waals surface area contributed by atoms with Crippen LogP contribution < -0.4 is 9.64 Å². The number of rotatable bonds is 8. The molecule has 0 fully saturated rings. The third-order valence-electron chi connectivity index (χ3n) is 5.88. The number of benzene rings is 3. The van der Waals surface area contributed by atoms with Gasteiger partial charge in [0.25, 0.3) is 5.91 Å². The van der Waals surface area contributed by atoms with Crippen molar-refractivity contribution in [3.8, 4) is 11.4 Å². The van der Waals surface area contributed by atoms with Gasteiger partial charge in [-0.05, 0) is 42.0 Å². The molecule has 0 saturated carbocycles. The molecule has 5 aromatic rings. The van der Waals surface area contributed by atoms with Crippen LogP contribution in [-0.4, -0.2) is 38.7 Å². The average Bonchev–Trinajstić information content (AvgIpc) is 3.34. The predicted octanol–water partition coefficient (Wildman–Crippen LogP) is 5.95. The Bertz CT molecular complexity index is 1540. The van der Waals surface area contributed by atoms with Gasteiger partial charge in [0.15, 0.2) is 0 Å². The Balaban J connectivity index is 1.48. The molecule has 0 bridgehead atoms. The van der Waals surface area contributed by atoms with Crippen LogP contribution in [-0.2, 0) is 6.61 Å². The van der Waals surface area contributed by atoms with Crippen molar-refractivity contribution in [1.29, 1.82) is 0 Å². The van der Waals surface area contributed by atoms with Gasteiger partial charge in [0, 0.05) is 23.8 Å². The van der Waals surface area contributed by atoms with Gasteiger partial charge >= 0.3 is 0 Å². The summed E-state index contributed by atoms with van der Waals surface area (Å²) in [4.78, 5) is 22.5. The molecule has 186 valence electrons. The van der Waals surface area contributed by atoms with Gasteiger partial charge in [-0.3, -0.25) is 4.79 Å². The average molecular weight is 533 g/mol. The molecule has 7 nitrogen and oxygen atoms in total. The van der Waals surface area contributed by atoms with Crippen LogP contribution in [0.15, 0.2) is 91.4 Å². The Labute approximate surface area is 223 Å². The number of aromatic nitrogens is 3. The van der Waals surface area contributed by atoms with Crippen molar-refractivity contribution in [1.82, 2.24) is 14.5 Å². The van der Waals surface area contributed by atoms with E-state index in [4.69, 9.17) is 27.9 Å². The van der Waals surface area contributed by atoms with Crippen molar-refractivity contribution in [2.75, 3.05) is 18.1 Å². The lowest BCUT2D eigenvalue weighted by Gasteiger charge is -2.23. The van der Waals surface area contributed by atoms with E-state index in [0.29, 0.717) is 12.3 Å². The maximum Gasteiger partial charge on any atom is 0.264 e. The van der Waals surface area contributed by atoms with E-state index in [9.17, 15) is 9.90 Å². The molecule has 0 spiro atoms. The number of hydrogen-bond donors (Lipinski definition) is 1. The van der Waals surface area contributed by atoms with Gasteiger partial charge in [-0.2, -0.15) is 0 Å². The van der Waals surface area contributed by atoms with Crippen LogP contribution >= 0.6 is 23.2 Å². The smallest absolute Gasteiger partial charge is 0.264 e. The molecular formula is C28H22Cl2N4O3. The maximum absolute atomic E-state index is 13.3. The first-order valence-electron chi connectivity index (χ1n) is 11.5. The Morgan fingerprint density at radius 2 is 1.68 bits per heavy atom. The summed E-state index contributed by atoms with van der Waals surface area (Å²) in [6, 6.07) is 25.4. The number of halogens is 2. The fourth-order valence-electron chi connectivity index (χ4n) is 4.13. The normalized spacial score (nSPS) is 11.0. The largest absolute Gasteiger partial charge is 0.487 e. The Hall–Kier alpha value is -3.91. The molecule has 0 saturated heterocycles. The monoisotopic (exact) mass is 532 g/mol. The van der Waals surface area contributed by atoms with Crippen molar-refractivity contribution in [2.24, 2.45) is 0 Å². The number of hydrogen-bond acceptors (Lipinski definition) is 5. The number of aliphatic hydroxyl groups is 1. The van der Waals surface area contributed by atoms with Crippen LogP contribution in [0.3, 0.4) is 0 Å². The first kappa shape index (κ1) is 24.8. The molecule has 1 amide bonds. The van der Waals surface area contributed by atoms with Crippen molar-refractivity contribution >= 4 is 45.7 Å². The molecule has 2 aromatic heterocycles. The van der Waals surface area contributed by atoms with Gasteiger partial charge in [0.2, 0.25) is 0 Å². The zero-order chi connectivity index (χ0) is 25.8. The number of nitrogens with zero attached hydrogens (tertiary/aromatic N) is 4. The first-order valence-corrected chi connectivity index (χ1v) is 12.3. The van der Waals surface area contributed by atoms with Crippen LogP contribution in [0.25, 0.3) is 16.6 Å². The predicted molar refractivity (Wildman–Crippen MR) is 145 cm³/mol. The minimum atomic E-state index is -0.497. The molecule has 9 heteroatoms. The highest BCUT2D eigenvalue weighted by atomic mass is 35.5. The van der Waals surface area contributed by atoms with E-state index in [1.165, 1.54) is 11.2 Å². The number of para-hydroxylation sites is 2. The van der Waals surface area contributed by atoms with Gasteiger partial charge in [-0.15, -0.1) is 0 Å². The minimum absolute atomic E-state index is 0.0126. The zero-order valence-electron chi connectivity index (χ0n) is 19.6. The summed E-state index contributed by atoms with van der Waals surface area (Å²) in [7, 11) is 0. The van der Waals surface area contributed by atoms with Crippen LogP contribution in [0.1, 0.15) is 15.9 Å². The van der Waals surface area contributed by atoms with Gasteiger partial charge in [0.05, 0.1) is 17.8 Å². The molecule has 1 N–H and O–H groups in total. The highest BCUT2D eigenvalue weighted by Gasteiger charge is 2.24. The fraction of sp³-hybridized carbons (Fsp3) is 0.107. The molecule has 0 unspecified atom stereocenters. The van der Waals surface area contributed by atoms with E-state index < -0.39 is 5.91 Å². The van der Waals surface area contributed by atoms with E-state index in [0.717, 1.165) is 27.9 Å². The summed E-state index contributed by atoms with van der Waals surface area (Å²) in [6.07, 6.45) is 3.14. The molecule has 0 radical (unpaired) electrons. The molecule has 0 atom stereocenters. The van der Waals surface area contributed by atoms with Gasteiger partial charge in [0.1, 0.15) is 34.6 Å². The third-order valence-corrected chi connectivity index (χ3v) is 6.46. The number of amides is 1. The number of carbonyl (C=O) groups is 1. The molecule has 3 aromatic carbocycles. The van der Waals surface area contributed by atoms with E-state index in [1.54, 1.807) is 0 Å². The first-order chi connectivity index (χ1) is 18.1. The standard InChI is InChI=1S/C28H22Cl2N4O3/c29-26-25(27(30)32-18-31-26)28(36)33(14-15-35)21-10-11-22-20(16-21)12-13-34(22)23-8-4-5-9-24(23)37-17-19-6-2-1-3-7-19/h1-13,16,18,35H,14-15,17H2. The van der Waals surface area contributed by atoms with Crippen molar-refractivity contribution in [3.63, 3.8) is 0 Å². The van der Waals surface area contributed by atoms with Gasteiger partial charge < -0.3 is 19.3 Å². The SMILES string of the molecule is O=C(c1c(Cl)ncnc1Cl)N(CCO)c1ccc2c(ccn2-c2ccccc2OCc2ccccc2)c1. The molecule has 0 aliphatic heterocycles. The summed E-state index contributed by atoms with van der Waals surface area (Å²) in [5.41, 5.74) is 3.46. The second kappa shape index (κ2) is 11.0. The number of anilines is 1. The minimum Gasteiger partial charge on any atom is -0.487 e. The molecule has 37 heavy (non-hydrogen) atoms. The van der Waals surface area contributed by atoms with Gasteiger partial charge in [-0.1, -0.05) is 65.7 Å². The Morgan fingerprint density at radius 1 is 0.946 bits per heavy atom. The summed E-state index contributed by atoms with van der Waals surface area (Å²) in [5, 5.41) is 10.5. The topological polar surface area (TPSA) is 80.5 Å². The lowest BCUT2D eigenvalue weighted by Crippen LogP contribution is -2.34. The van der Waals surface area contributed by atoms with Crippen molar-refractivity contribution < 1.29 is 14.6 Å². The second-order valence-corrected chi connectivity index (χ2v) is 8.90. The lowest BCUT2D eigenvalue weighted by atomic mass is 10.2. The lowest BCUT2D eigenvalue weighted by molar-refractivity contribution is 0.0980. The summed E-state index contributed by atoms with van der Waals surface area (Å²) in [6.45, 7) is 0.246. The number of ether oxygens (including phenoxy) is 1. The summed E-state index contributed by atoms with van der Waals surface area (Å²) in [5.74, 6) is 0.251. The molecule has 0 aliphatic rings. The Morgan fingerprint density at radius 3 is 2.43 bits per heavy atom. The molecule has 0 aliphatic carbocycles. The van der Waals surface area contributed by atoms with Crippen LogP contribution in [0.5, 0.6) is 5.75 Å². The number of fused-ring (bicyclic) bond motifs is 1. The molecule has 5 rings (SSSR count). The second-order valence-electron chi connectivity index (χ2n) is 8.18. The van der Waals surface area contributed by atoms with E-state index in [-0.39, 0.29) is 29.0 Å². The van der Waals surface area contributed by atoms with Crippen LogP contribution in [0.4, 0.5) is 5.69 Å².